The summed E-state index contributed by atoms with van der Waals surface area (Å²) in [5.74, 6) is 1.46. The number of anilines is 3. The SMILES string of the molecule is CCOc1cc2cnc(Nc3ccc(N4CCNCC4)cn3)nc2n(C2CCCC2)c1=O. The monoisotopic (exact) mass is 435 g/mol. The second-order valence-electron chi connectivity index (χ2n) is 8.29. The number of rotatable bonds is 6. The molecule has 0 atom stereocenters. The number of piperazine rings is 1. The van der Waals surface area contributed by atoms with Crippen LogP contribution in [-0.2, 0) is 0 Å². The highest BCUT2D eigenvalue weighted by Gasteiger charge is 2.23. The number of hydrogen-bond acceptors (Lipinski definition) is 8. The van der Waals surface area contributed by atoms with Crippen LogP contribution in [0.3, 0.4) is 0 Å². The van der Waals surface area contributed by atoms with Gasteiger partial charge in [-0.15, -0.1) is 0 Å². The van der Waals surface area contributed by atoms with Gasteiger partial charge in [0.25, 0.3) is 5.56 Å². The summed E-state index contributed by atoms with van der Waals surface area (Å²) in [4.78, 5) is 29.2. The number of hydrogen-bond donors (Lipinski definition) is 2. The first-order valence-electron chi connectivity index (χ1n) is 11.5. The second kappa shape index (κ2) is 9.12. The van der Waals surface area contributed by atoms with E-state index in [1.165, 1.54) is 0 Å². The summed E-state index contributed by atoms with van der Waals surface area (Å²) in [5.41, 5.74) is 1.63. The zero-order chi connectivity index (χ0) is 21.9. The Kier molecular flexibility index (Phi) is 5.89. The molecule has 2 aliphatic rings. The lowest BCUT2D eigenvalue weighted by Crippen LogP contribution is -2.43. The van der Waals surface area contributed by atoms with Crippen molar-refractivity contribution in [3.05, 3.63) is 40.9 Å². The molecule has 0 unspecified atom stereocenters. The van der Waals surface area contributed by atoms with E-state index in [2.05, 4.69) is 31.6 Å². The van der Waals surface area contributed by atoms with E-state index in [9.17, 15) is 4.79 Å². The molecule has 2 N–H and O–H groups in total. The molecule has 1 saturated heterocycles. The molecule has 3 aromatic rings. The van der Waals surface area contributed by atoms with Crippen molar-refractivity contribution < 1.29 is 4.74 Å². The Morgan fingerprint density at radius 2 is 1.97 bits per heavy atom. The van der Waals surface area contributed by atoms with Gasteiger partial charge in [0.15, 0.2) is 5.75 Å². The maximum absolute atomic E-state index is 13.2. The van der Waals surface area contributed by atoms with Gasteiger partial charge in [0.1, 0.15) is 11.5 Å². The van der Waals surface area contributed by atoms with Crippen molar-refractivity contribution in [2.45, 2.75) is 38.6 Å². The van der Waals surface area contributed by atoms with Crippen LogP contribution in [0.5, 0.6) is 5.75 Å². The molecule has 5 rings (SSSR count). The fraction of sp³-hybridized carbons (Fsp3) is 0.478. The molecule has 4 heterocycles. The summed E-state index contributed by atoms with van der Waals surface area (Å²) < 4.78 is 7.42. The van der Waals surface area contributed by atoms with Gasteiger partial charge in [0, 0.05) is 43.8 Å². The highest BCUT2D eigenvalue weighted by Crippen LogP contribution is 2.31. The zero-order valence-corrected chi connectivity index (χ0v) is 18.4. The zero-order valence-electron chi connectivity index (χ0n) is 18.4. The van der Waals surface area contributed by atoms with Crippen LogP contribution in [-0.4, -0.2) is 52.3 Å². The van der Waals surface area contributed by atoms with Gasteiger partial charge >= 0.3 is 0 Å². The standard InChI is InChI=1S/C23H29N7O2/c1-2-32-19-13-16-14-26-23(28-21(16)30(22(19)31)17-5-3-4-6-17)27-20-8-7-18(15-25-20)29-11-9-24-10-12-29/h7-8,13-15,17,24H,2-6,9-12H2,1H3,(H,25,26,27,28). The van der Waals surface area contributed by atoms with E-state index in [1.807, 2.05) is 19.2 Å². The van der Waals surface area contributed by atoms with E-state index < -0.39 is 0 Å². The lowest BCUT2D eigenvalue weighted by molar-refractivity contribution is 0.330. The minimum Gasteiger partial charge on any atom is -0.488 e. The number of nitrogens with zero attached hydrogens (tertiary/aromatic N) is 5. The molecule has 1 aliphatic heterocycles. The molecule has 32 heavy (non-hydrogen) atoms. The molecule has 0 radical (unpaired) electrons. The van der Waals surface area contributed by atoms with Crippen LogP contribution >= 0.6 is 0 Å². The molecule has 1 aliphatic carbocycles. The Morgan fingerprint density at radius 1 is 1.16 bits per heavy atom. The quantitative estimate of drug-likeness (QED) is 0.610. The van der Waals surface area contributed by atoms with Gasteiger partial charge in [0.2, 0.25) is 5.95 Å². The van der Waals surface area contributed by atoms with Crippen molar-refractivity contribution in [2.24, 2.45) is 0 Å². The molecule has 0 amide bonds. The van der Waals surface area contributed by atoms with Crippen LogP contribution in [0.4, 0.5) is 17.5 Å². The first-order valence-corrected chi connectivity index (χ1v) is 11.5. The van der Waals surface area contributed by atoms with E-state index in [-0.39, 0.29) is 11.6 Å². The number of fused-ring (bicyclic) bond motifs is 1. The highest BCUT2D eigenvalue weighted by atomic mass is 16.5. The van der Waals surface area contributed by atoms with Crippen molar-refractivity contribution >= 4 is 28.5 Å². The van der Waals surface area contributed by atoms with Crippen LogP contribution in [0.1, 0.15) is 38.6 Å². The fourth-order valence-corrected chi connectivity index (χ4v) is 4.60. The summed E-state index contributed by atoms with van der Waals surface area (Å²) >= 11 is 0. The van der Waals surface area contributed by atoms with Crippen molar-refractivity contribution in [2.75, 3.05) is 43.0 Å². The Hall–Kier alpha value is -3.20. The third-order valence-electron chi connectivity index (χ3n) is 6.20. The maximum atomic E-state index is 13.2. The van der Waals surface area contributed by atoms with E-state index in [0.29, 0.717) is 29.8 Å². The molecule has 0 spiro atoms. The third kappa shape index (κ3) is 4.12. The smallest absolute Gasteiger partial charge is 0.294 e. The minimum atomic E-state index is -0.116. The Bertz CT molecular complexity index is 1130. The van der Waals surface area contributed by atoms with Gasteiger partial charge in [-0.1, -0.05) is 12.8 Å². The molecule has 1 saturated carbocycles. The van der Waals surface area contributed by atoms with Crippen LogP contribution in [0.2, 0.25) is 0 Å². The summed E-state index contributed by atoms with van der Waals surface area (Å²) in [5, 5.41) is 7.35. The maximum Gasteiger partial charge on any atom is 0.294 e. The second-order valence-corrected chi connectivity index (χ2v) is 8.29. The van der Waals surface area contributed by atoms with E-state index >= 15 is 0 Å². The predicted molar refractivity (Wildman–Crippen MR) is 125 cm³/mol. The number of pyridine rings is 2. The molecular formula is C23H29N7O2. The normalized spacial score (nSPS) is 17.1. The van der Waals surface area contributed by atoms with Gasteiger partial charge in [-0.05, 0) is 38.0 Å². The molecule has 9 heteroatoms. The van der Waals surface area contributed by atoms with Gasteiger partial charge in [-0.25, -0.2) is 9.97 Å². The molecule has 168 valence electrons. The van der Waals surface area contributed by atoms with Gasteiger partial charge in [-0.2, -0.15) is 4.98 Å². The fourth-order valence-electron chi connectivity index (χ4n) is 4.60. The first kappa shape index (κ1) is 20.7. The van der Waals surface area contributed by atoms with E-state index in [4.69, 9.17) is 9.72 Å². The first-order chi connectivity index (χ1) is 15.7. The number of aromatic nitrogens is 4. The topological polar surface area (TPSA) is 97.2 Å². The molecule has 0 aromatic carbocycles. The summed E-state index contributed by atoms with van der Waals surface area (Å²) in [6.07, 6.45) is 7.82. The largest absolute Gasteiger partial charge is 0.488 e. The Morgan fingerprint density at radius 3 is 2.69 bits per heavy atom. The molecule has 2 fully saturated rings. The lowest BCUT2D eigenvalue weighted by atomic mass is 10.2. The summed E-state index contributed by atoms with van der Waals surface area (Å²) in [6.45, 7) is 6.25. The molecular weight excluding hydrogens is 406 g/mol. The van der Waals surface area contributed by atoms with Gasteiger partial charge < -0.3 is 20.3 Å². The van der Waals surface area contributed by atoms with Crippen LogP contribution in [0.25, 0.3) is 11.0 Å². The lowest BCUT2D eigenvalue weighted by Gasteiger charge is -2.29. The van der Waals surface area contributed by atoms with Crippen molar-refractivity contribution in [3.8, 4) is 5.75 Å². The summed E-state index contributed by atoms with van der Waals surface area (Å²) in [7, 11) is 0. The molecule has 3 aromatic heterocycles. The minimum absolute atomic E-state index is 0.116. The van der Waals surface area contributed by atoms with Crippen molar-refractivity contribution in [1.29, 1.82) is 0 Å². The average molecular weight is 436 g/mol. The highest BCUT2D eigenvalue weighted by molar-refractivity contribution is 5.77. The van der Waals surface area contributed by atoms with Crippen LogP contribution < -0.4 is 25.8 Å². The van der Waals surface area contributed by atoms with Gasteiger partial charge in [0.05, 0.1) is 18.5 Å². The molecule has 9 nitrogen and oxygen atoms in total. The van der Waals surface area contributed by atoms with Crippen LogP contribution in [0, 0.1) is 0 Å². The predicted octanol–water partition coefficient (Wildman–Crippen LogP) is 2.85. The Labute approximate surface area is 186 Å². The van der Waals surface area contributed by atoms with Crippen molar-refractivity contribution in [3.63, 3.8) is 0 Å². The number of nitrogens with one attached hydrogen (secondary N) is 2. The number of ether oxygens (including phenoxy) is 1. The molecule has 0 bridgehead atoms. The van der Waals surface area contributed by atoms with Crippen LogP contribution in [0.15, 0.2) is 35.4 Å². The average Bonchev–Trinajstić information content (AvgIpc) is 3.35. The third-order valence-corrected chi connectivity index (χ3v) is 6.20. The van der Waals surface area contributed by atoms with E-state index in [0.717, 1.165) is 62.9 Å². The summed E-state index contributed by atoms with van der Waals surface area (Å²) in [6, 6.07) is 5.89. The van der Waals surface area contributed by atoms with Crippen molar-refractivity contribution in [1.82, 2.24) is 24.8 Å². The van der Waals surface area contributed by atoms with E-state index in [1.54, 1.807) is 16.8 Å². The van der Waals surface area contributed by atoms with Gasteiger partial charge in [-0.3, -0.25) is 9.36 Å². The Balaban J connectivity index is 1.45.